The van der Waals surface area contributed by atoms with E-state index >= 15 is 0 Å². The number of nitro benzene ring substituents is 1. The largest absolute Gasteiger partial charge is 0.487 e. The summed E-state index contributed by atoms with van der Waals surface area (Å²) in [6.07, 6.45) is 2.84. The summed E-state index contributed by atoms with van der Waals surface area (Å²) in [5.74, 6) is -0.283. The van der Waals surface area contributed by atoms with Crippen molar-refractivity contribution in [1.29, 1.82) is 0 Å². The van der Waals surface area contributed by atoms with Crippen LogP contribution < -0.4 is 15.8 Å². The van der Waals surface area contributed by atoms with E-state index in [0.29, 0.717) is 19.7 Å². The summed E-state index contributed by atoms with van der Waals surface area (Å²) in [6, 6.07) is 4.11. The van der Waals surface area contributed by atoms with Crippen LogP contribution in [0.5, 0.6) is 5.75 Å². The predicted molar refractivity (Wildman–Crippen MR) is 107 cm³/mol. The lowest BCUT2D eigenvalue weighted by atomic mass is 10.0. The second-order valence-corrected chi connectivity index (χ2v) is 6.36. The van der Waals surface area contributed by atoms with E-state index in [9.17, 15) is 19.7 Å². The number of piperidine rings is 1. The highest BCUT2D eigenvalue weighted by Crippen LogP contribution is 2.29. The molecule has 0 aromatic heterocycles. The van der Waals surface area contributed by atoms with E-state index in [2.05, 4.69) is 5.32 Å². The average molecular weight is 415 g/mol. The van der Waals surface area contributed by atoms with Gasteiger partial charge in [-0.3, -0.25) is 19.7 Å². The molecule has 10 heteroatoms. The molecule has 0 bridgehead atoms. The van der Waals surface area contributed by atoms with Crippen molar-refractivity contribution in [3.63, 3.8) is 0 Å². The van der Waals surface area contributed by atoms with E-state index in [1.165, 1.54) is 12.1 Å². The zero-order chi connectivity index (χ0) is 19.8. The molecule has 1 saturated heterocycles. The van der Waals surface area contributed by atoms with E-state index in [0.717, 1.165) is 19.3 Å². The highest BCUT2D eigenvalue weighted by Gasteiger charge is 2.29. The minimum atomic E-state index is -0.553. The zero-order valence-electron chi connectivity index (χ0n) is 15.9. The number of halogens is 1. The van der Waals surface area contributed by atoms with Crippen LogP contribution in [0.4, 0.5) is 5.69 Å². The van der Waals surface area contributed by atoms with Crippen LogP contribution in [-0.4, -0.2) is 53.9 Å². The Labute approximate surface area is 170 Å². The SMILES string of the molecule is CCOc1ccc(C(=O)N2CCCCC2CNC(=O)CCN)cc1[N+](=O)[O-].Cl. The van der Waals surface area contributed by atoms with Gasteiger partial charge < -0.3 is 20.7 Å². The molecule has 2 rings (SSSR count). The van der Waals surface area contributed by atoms with E-state index in [4.69, 9.17) is 10.5 Å². The van der Waals surface area contributed by atoms with Crippen LogP contribution in [-0.2, 0) is 4.79 Å². The Morgan fingerprint density at radius 2 is 2.14 bits per heavy atom. The number of likely N-dealkylation sites (tertiary alicyclic amines) is 1. The van der Waals surface area contributed by atoms with Crippen LogP contribution in [0.25, 0.3) is 0 Å². The van der Waals surface area contributed by atoms with Gasteiger partial charge in [0.25, 0.3) is 5.91 Å². The molecule has 9 nitrogen and oxygen atoms in total. The number of hydrogen-bond donors (Lipinski definition) is 2. The third-order valence-electron chi connectivity index (χ3n) is 4.50. The fraction of sp³-hybridized carbons (Fsp3) is 0.556. The maximum Gasteiger partial charge on any atom is 0.311 e. The first-order valence-corrected chi connectivity index (χ1v) is 9.16. The molecule has 1 atom stereocenters. The summed E-state index contributed by atoms with van der Waals surface area (Å²) in [5.41, 5.74) is 5.38. The van der Waals surface area contributed by atoms with Gasteiger partial charge in [-0.2, -0.15) is 0 Å². The normalized spacial score (nSPS) is 16.1. The molecule has 3 N–H and O–H groups in total. The maximum atomic E-state index is 13.0. The molecular formula is C18H27ClN4O5. The molecule has 1 aliphatic rings. The molecule has 2 amide bonds. The molecule has 1 aliphatic heterocycles. The van der Waals surface area contributed by atoms with Gasteiger partial charge >= 0.3 is 5.69 Å². The molecule has 1 aromatic rings. The number of carbonyl (C=O) groups is 2. The van der Waals surface area contributed by atoms with Gasteiger partial charge in [-0.1, -0.05) is 0 Å². The van der Waals surface area contributed by atoms with Crippen LogP contribution in [0.15, 0.2) is 18.2 Å². The van der Waals surface area contributed by atoms with Crippen molar-refractivity contribution in [2.24, 2.45) is 5.73 Å². The second-order valence-electron chi connectivity index (χ2n) is 6.36. The van der Waals surface area contributed by atoms with Crippen molar-refractivity contribution >= 4 is 29.9 Å². The Bertz CT molecular complexity index is 701. The summed E-state index contributed by atoms with van der Waals surface area (Å²) >= 11 is 0. The number of ether oxygens (including phenoxy) is 1. The number of hydrogen-bond acceptors (Lipinski definition) is 6. The van der Waals surface area contributed by atoms with Crippen molar-refractivity contribution in [2.75, 3.05) is 26.2 Å². The van der Waals surface area contributed by atoms with E-state index in [1.54, 1.807) is 17.9 Å². The third kappa shape index (κ3) is 6.07. The number of carbonyl (C=O) groups excluding carboxylic acids is 2. The van der Waals surface area contributed by atoms with Gasteiger partial charge in [-0.15, -0.1) is 12.4 Å². The third-order valence-corrected chi connectivity index (χ3v) is 4.50. The topological polar surface area (TPSA) is 128 Å². The minimum absolute atomic E-state index is 0. The van der Waals surface area contributed by atoms with Gasteiger partial charge in [0.05, 0.1) is 11.5 Å². The van der Waals surface area contributed by atoms with Crippen molar-refractivity contribution < 1.29 is 19.2 Å². The molecule has 1 heterocycles. The monoisotopic (exact) mass is 414 g/mol. The summed E-state index contributed by atoms with van der Waals surface area (Å²) in [7, 11) is 0. The molecule has 0 aliphatic carbocycles. The Kier molecular flexibility index (Phi) is 9.67. The fourth-order valence-electron chi connectivity index (χ4n) is 3.17. The number of nitrogens with zero attached hydrogens (tertiary/aromatic N) is 2. The standard InChI is InChI=1S/C18H26N4O5.ClH/c1-2-27-16-7-6-13(11-15(16)22(25)26)18(24)21-10-4-3-5-14(21)12-20-17(23)8-9-19;/h6-7,11,14H,2-5,8-10,12,19H2,1H3,(H,20,23);1H. The molecule has 0 radical (unpaired) electrons. The van der Waals surface area contributed by atoms with Gasteiger partial charge in [-0.05, 0) is 38.3 Å². The van der Waals surface area contributed by atoms with Gasteiger partial charge in [0, 0.05) is 43.7 Å². The molecule has 0 spiro atoms. The predicted octanol–water partition coefficient (Wildman–Crippen LogP) is 1.88. The molecule has 0 saturated carbocycles. The summed E-state index contributed by atoms with van der Waals surface area (Å²) < 4.78 is 5.26. The number of nitrogens with two attached hydrogens (primary N) is 1. The Morgan fingerprint density at radius 3 is 2.79 bits per heavy atom. The summed E-state index contributed by atoms with van der Waals surface area (Å²) in [5, 5.41) is 14.1. The number of rotatable bonds is 8. The number of amides is 2. The first-order chi connectivity index (χ1) is 13.0. The Hall–Kier alpha value is -2.39. The molecule has 28 heavy (non-hydrogen) atoms. The second kappa shape index (κ2) is 11.5. The smallest absolute Gasteiger partial charge is 0.311 e. The lowest BCUT2D eigenvalue weighted by Gasteiger charge is -2.36. The first kappa shape index (κ1) is 23.6. The summed E-state index contributed by atoms with van der Waals surface area (Å²) in [4.78, 5) is 37.0. The van der Waals surface area contributed by atoms with Crippen LogP contribution in [0.3, 0.4) is 0 Å². The lowest BCUT2D eigenvalue weighted by Crippen LogP contribution is -2.49. The van der Waals surface area contributed by atoms with Crippen LogP contribution in [0.1, 0.15) is 43.0 Å². The number of nitrogens with one attached hydrogen (secondary N) is 1. The quantitative estimate of drug-likeness (QED) is 0.493. The summed E-state index contributed by atoms with van der Waals surface area (Å²) in [6.45, 7) is 3.21. The fourth-order valence-corrected chi connectivity index (χ4v) is 3.17. The van der Waals surface area contributed by atoms with Crippen LogP contribution >= 0.6 is 12.4 Å². The van der Waals surface area contributed by atoms with Crippen LogP contribution in [0, 0.1) is 10.1 Å². The minimum Gasteiger partial charge on any atom is -0.487 e. The van der Waals surface area contributed by atoms with Gasteiger partial charge in [0.15, 0.2) is 5.75 Å². The van der Waals surface area contributed by atoms with Crippen molar-refractivity contribution in [1.82, 2.24) is 10.2 Å². The van der Waals surface area contributed by atoms with E-state index in [-0.39, 0.29) is 60.2 Å². The van der Waals surface area contributed by atoms with Gasteiger partial charge in [0.2, 0.25) is 5.91 Å². The maximum absolute atomic E-state index is 13.0. The number of nitro groups is 1. The Balaban J connectivity index is 0.00000392. The number of benzene rings is 1. The highest BCUT2D eigenvalue weighted by atomic mass is 35.5. The van der Waals surface area contributed by atoms with Crippen molar-refractivity contribution in [3.8, 4) is 5.75 Å². The average Bonchev–Trinajstić information content (AvgIpc) is 2.66. The Morgan fingerprint density at radius 1 is 1.39 bits per heavy atom. The van der Waals surface area contributed by atoms with E-state index < -0.39 is 4.92 Å². The van der Waals surface area contributed by atoms with Gasteiger partial charge in [-0.25, -0.2) is 0 Å². The molecule has 1 aromatic carbocycles. The van der Waals surface area contributed by atoms with Gasteiger partial charge in [0.1, 0.15) is 0 Å². The molecule has 1 fully saturated rings. The van der Waals surface area contributed by atoms with E-state index in [1.807, 2.05) is 0 Å². The van der Waals surface area contributed by atoms with Crippen LogP contribution in [0.2, 0.25) is 0 Å². The zero-order valence-corrected chi connectivity index (χ0v) is 16.7. The van der Waals surface area contributed by atoms with Crippen molar-refractivity contribution in [2.45, 2.75) is 38.6 Å². The highest BCUT2D eigenvalue weighted by molar-refractivity contribution is 5.95. The van der Waals surface area contributed by atoms with Crippen molar-refractivity contribution in [3.05, 3.63) is 33.9 Å². The molecular weight excluding hydrogens is 388 g/mol. The lowest BCUT2D eigenvalue weighted by molar-refractivity contribution is -0.385. The molecule has 156 valence electrons. The molecule has 1 unspecified atom stereocenters. The first-order valence-electron chi connectivity index (χ1n) is 9.16.